The van der Waals surface area contributed by atoms with Gasteiger partial charge in [0.15, 0.2) is 5.82 Å². The first kappa shape index (κ1) is 13.0. The molecule has 1 aromatic carbocycles. The van der Waals surface area contributed by atoms with Crippen molar-refractivity contribution in [1.29, 1.82) is 0 Å². The van der Waals surface area contributed by atoms with Gasteiger partial charge >= 0.3 is 0 Å². The Hall–Kier alpha value is -1.68. The maximum Gasteiger partial charge on any atom is 0.237 e. The molecule has 4 heteroatoms. The zero-order chi connectivity index (χ0) is 14.1. The minimum absolute atomic E-state index is 0.110. The first-order valence-electron chi connectivity index (χ1n) is 7.96. The molecule has 4 rings (SSSR count). The Balaban J connectivity index is 1.69. The molecule has 1 aromatic heterocycles. The molecule has 0 atom stereocenters. The van der Waals surface area contributed by atoms with Crippen molar-refractivity contribution in [3.05, 3.63) is 47.6 Å². The van der Waals surface area contributed by atoms with E-state index in [-0.39, 0.29) is 5.41 Å². The Bertz CT molecular complexity index is 598. The maximum atomic E-state index is 5.70. The first-order valence-corrected chi connectivity index (χ1v) is 7.96. The summed E-state index contributed by atoms with van der Waals surface area (Å²) in [6, 6.07) is 10.6. The van der Waals surface area contributed by atoms with Gasteiger partial charge in [-0.2, -0.15) is 4.98 Å². The van der Waals surface area contributed by atoms with Crippen LogP contribution >= 0.6 is 0 Å². The molecular formula is C17H21N3O. The Labute approximate surface area is 124 Å². The fraction of sp³-hybridized carbons (Fsp3) is 0.529. The van der Waals surface area contributed by atoms with Crippen LogP contribution in [0.15, 0.2) is 34.9 Å². The lowest BCUT2D eigenvalue weighted by molar-refractivity contribution is 0.259. The highest BCUT2D eigenvalue weighted by Crippen LogP contribution is 2.39. The van der Waals surface area contributed by atoms with Gasteiger partial charge in [0.1, 0.15) is 0 Å². The van der Waals surface area contributed by atoms with Crippen LogP contribution in [0.2, 0.25) is 0 Å². The monoisotopic (exact) mass is 283 g/mol. The van der Waals surface area contributed by atoms with Crippen LogP contribution in [-0.4, -0.2) is 23.2 Å². The highest BCUT2D eigenvalue weighted by molar-refractivity contribution is 5.32. The molecule has 0 unspecified atom stereocenters. The number of nitrogens with zero attached hydrogens (tertiary/aromatic N) is 2. The highest BCUT2D eigenvalue weighted by atomic mass is 16.5. The smallest absolute Gasteiger partial charge is 0.237 e. The molecule has 1 N–H and O–H groups in total. The average molecular weight is 283 g/mol. The number of hydrogen-bond acceptors (Lipinski definition) is 4. The lowest BCUT2D eigenvalue weighted by Gasteiger charge is -2.34. The van der Waals surface area contributed by atoms with Gasteiger partial charge in [0, 0.05) is 6.42 Å². The summed E-state index contributed by atoms with van der Waals surface area (Å²) in [7, 11) is 0. The molecular weight excluding hydrogens is 262 g/mol. The van der Waals surface area contributed by atoms with Gasteiger partial charge in [0.05, 0.1) is 5.41 Å². The SMILES string of the molecule is c1ccc(C2(c3nc(CC4CC4)no3)CCNCC2)cc1. The summed E-state index contributed by atoms with van der Waals surface area (Å²) in [4.78, 5) is 4.76. The van der Waals surface area contributed by atoms with Crippen LogP contribution in [0.5, 0.6) is 0 Å². The molecule has 0 spiro atoms. The molecule has 4 nitrogen and oxygen atoms in total. The Morgan fingerprint density at radius 1 is 1.14 bits per heavy atom. The summed E-state index contributed by atoms with van der Waals surface area (Å²) in [5.74, 6) is 2.49. The van der Waals surface area contributed by atoms with Crippen molar-refractivity contribution in [3.63, 3.8) is 0 Å². The zero-order valence-corrected chi connectivity index (χ0v) is 12.2. The van der Waals surface area contributed by atoms with Gasteiger partial charge in [-0.15, -0.1) is 0 Å². The van der Waals surface area contributed by atoms with Crippen LogP contribution in [0.4, 0.5) is 0 Å². The first-order chi connectivity index (χ1) is 10.4. The number of aromatic nitrogens is 2. The second-order valence-electron chi connectivity index (χ2n) is 6.36. The summed E-state index contributed by atoms with van der Waals surface area (Å²) in [5.41, 5.74) is 1.19. The van der Waals surface area contributed by atoms with Crippen LogP contribution in [0.1, 0.15) is 43.0 Å². The number of piperidine rings is 1. The number of hydrogen-bond donors (Lipinski definition) is 1. The molecule has 2 aliphatic rings. The summed E-state index contributed by atoms with van der Waals surface area (Å²) in [6.07, 6.45) is 5.64. The van der Waals surface area contributed by atoms with E-state index in [0.717, 1.165) is 50.0 Å². The van der Waals surface area contributed by atoms with E-state index in [4.69, 9.17) is 9.51 Å². The van der Waals surface area contributed by atoms with Crippen molar-refractivity contribution in [3.8, 4) is 0 Å². The molecule has 1 aliphatic carbocycles. The lowest BCUT2D eigenvalue weighted by Crippen LogP contribution is -2.41. The summed E-state index contributed by atoms with van der Waals surface area (Å²) < 4.78 is 5.70. The second kappa shape index (κ2) is 5.26. The summed E-state index contributed by atoms with van der Waals surface area (Å²) in [6.45, 7) is 1.99. The third-order valence-corrected chi connectivity index (χ3v) is 4.83. The number of benzene rings is 1. The minimum Gasteiger partial charge on any atom is -0.338 e. The van der Waals surface area contributed by atoms with Crippen LogP contribution in [0, 0.1) is 5.92 Å². The molecule has 1 saturated carbocycles. The largest absolute Gasteiger partial charge is 0.338 e. The van der Waals surface area contributed by atoms with Gasteiger partial charge < -0.3 is 9.84 Å². The molecule has 110 valence electrons. The fourth-order valence-corrected chi connectivity index (χ4v) is 3.35. The molecule has 21 heavy (non-hydrogen) atoms. The standard InChI is InChI=1S/C17H21N3O/c1-2-4-14(5-3-1)17(8-10-18-11-9-17)16-19-15(20-21-16)12-13-6-7-13/h1-5,13,18H,6-12H2. The van der Waals surface area contributed by atoms with E-state index in [1.807, 2.05) is 0 Å². The van der Waals surface area contributed by atoms with Gasteiger partial charge in [-0.1, -0.05) is 35.5 Å². The second-order valence-corrected chi connectivity index (χ2v) is 6.36. The molecule has 2 heterocycles. The van der Waals surface area contributed by atoms with Crippen LogP contribution in [0.25, 0.3) is 0 Å². The van der Waals surface area contributed by atoms with Gasteiger partial charge in [0.25, 0.3) is 0 Å². The van der Waals surface area contributed by atoms with Crippen molar-refractivity contribution in [2.75, 3.05) is 13.1 Å². The average Bonchev–Trinajstić information content (AvgIpc) is 3.24. The number of rotatable bonds is 4. The van der Waals surface area contributed by atoms with Crippen molar-refractivity contribution in [2.24, 2.45) is 5.92 Å². The predicted octanol–water partition coefficient (Wildman–Crippen LogP) is 2.69. The van der Waals surface area contributed by atoms with Crippen molar-refractivity contribution in [1.82, 2.24) is 15.5 Å². The van der Waals surface area contributed by atoms with E-state index >= 15 is 0 Å². The third kappa shape index (κ3) is 2.48. The highest BCUT2D eigenvalue weighted by Gasteiger charge is 2.41. The van der Waals surface area contributed by atoms with Gasteiger partial charge in [-0.3, -0.25) is 0 Å². The third-order valence-electron chi connectivity index (χ3n) is 4.83. The van der Waals surface area contributed by atoms with Crippen molar-refractivity contribution >= 4 is 0 Å². The number of nitrogens with one attached hydrogen (secondary N) is 1. The Morgan fingerprint density at radius 3 is 2.62 bits per heavy atom. The van der Waals surface area contributed by atoms with Gasteiger partial charge in [0.2, 0.25) is 5.89 Å². The van der Waals surface area contributed by atoms with Gasteiger partial charge in [-0.05, 0) is 50.3 Å². The van der Waals surface area contributed by atoms with Crippen LogP contribution < -0.4 is 5.32 Å². The summed E-state index contributed by atoms with van der Waals surface area (Å²) >= 11 is 0. The van der Waals surface area contributed by atoms with Crippen molar-refractivity contribution < 1.29 is 4.52 Å². The zero-order valence-electron chi connectivity index (χ0n) is 12.2. The Morgan fingerprint density at radius 2 is 1.90 bits per heavy atom. The van der Waals surface area contributed by atoms with E-state index < -0.39 is 0 Å². The molecule has 0 radical (unpaired) electrons. The van der Waals surface area contributed by atoms with E-state index in [0.29, 0.717) is 0 Å². The predicted molar refractivity (Wildman–Crippen MR) is 80.1 cm³/mol. The molecule has 2 fully saturated rings. The molecule has 0 amide bonds. The molecule has 2 aromatic rings. The van der Waals surface area contributed by atoms with E-state index in [2.05, 4.69) is 40.8 Å². The minimum atomic E-state index is -0.110. The Kier molecular flexibility index (Phi) is 3.26. The topological polar surface area (TPSA) is 51.0 Å². The van der Waals surface area contributed by atoms with E-state index in [1.165, 1.54) is 18.4 Å². The van der Waals surface area contributed by atoms with E-state index in [1.54, 1.807) is 0 Å². The van der Waals surface area contributed by atoms with Gasteiger partial charge in [-0.25, -0.2) is 0 Å². The molecule has 1 saturated heterocycles. The fourth-order valence-electron chi connectivity index (χ4n) is 3.35. The molecule has 1 aliphatic heterocycles. The lowest BCUT2D eigenvalue weighted by atomic mass is 9.73. The van der Waals surface area contributed by atoms with Crippen LogP contribution in [0.3, 0.4) is 0 Å². The maximum absolute atomic E-state index is 5.70. The molecule has 0 bridgehead atoms. The van der Waals surface area contributed by atoms with E-state index in [9.17, 15) is 0 Å². The normalized spacial score (nSPS) is 21.3. The quantitative estimate of drug-likeness (QED) is 0.937. The van der Waals surface area contributed by atoms with Crippen LogP contribution in [-0.2, 0) is 11.8 Å². The van der Waals surface area contributed by atoms with Crippen molar-refractivity contribution in [2.45, 2.75) is 37.5 Å². The summed E-state index contributed by atoms with van der Waals surface area (Å²) in [5, 5.41) is 7.67.